The molecule has 8 rings (SSSR count). The van der Waals surface area contributed by atoms with Gasteiger partial charge in [0.05, 0.1) is 36.2 Å². The first kappa shape index (κ1) is 45.8. The van der Waals surface area contributed by atoms with E-state index in [0.29, 0.717) is 30.5 Å². The Morgan fingerprint density at radius 1 is 0.985 bits per heavy atom. The number of allylic oxidation sites excluding steroid dienone is 4. The maximum absolute atomic E-state index is 13.7. The number of ketones is 1. The fourth-order valence-corrected chi connectivity index (χ4v) is 11.5. The number of carbonyl (C=O) groups excluding carboxylic acids is 5. The van der Waals surface area contributed by atoms with Crippen LogP contribution in [0.15, 0.2) is 84.7 Å². The molecule has 0 radical (unpaired) electrons. The molecule has 0 aliphatic heterocycles. The zero-order chi connectivity index (χ0) is 46.5. The molecule has 3 aromatic rings. The number of amides is 2. The van der Waals surface area contributed by atoms with E-state index in [1.807, 2.05) is 43.3 Å². The number of fused-ring (bicyclic) bond motifs is 6. The highest BCUT2D eigenvalue weighted by Crippen LogP contribution is 2.67. The van der Waals surface area contributed by atoms with Gasteiger partial charge in [0.2, 0.25) is 5.91 Å². The van der Waals surface area contributed by atoms with E-state index < -0.39 is 70.5 Å². The second-order valence-corrected chi connectivity index (χ2v) is 20.2. The maximum atomic E-state index is 13.7. The van der Waals surface area contributed by atoms with Gasteiger partial charge in [0.1, 0.15) is 17.8 Å². The molecule has 10 atom stereocenters. The number of anilines is 1. The van der Waals surface area contributed by atoms with Gasteiger partial charge in [-0.1, -0.05) is 55.8 Å². The summed E-state index contributed by atoms with van der Waals surface area (Å²) in [4.78, 5) is 68.7. The Bertz CT molecular complexity index is 2460. The smallest absolute Gasteiger partial charge is 0.407 e. The van der Waals surface area contributed by atoms with Crippen molar-refractivity contribution in [1.82, 2.24) is 10.3 Å². The van der Waals surface area contributed by atoms with Crippen LogP contribution in [0.4, 0.5) is 10.5 Å². The lowest BCUT2D eigenvalue weighted by molar-refractivity contribution is -0.152. The topological polar surface area (TPSA) is 214 Å². The van der Waals surface area contributed by atoms with Crippen molar-refractivity contribution < 1.29 is 48.4 Å². The molecular weight excluding hydrogens is 829 g/mol. The summed E-state index contributed by atoms with van der Waals surface area (Å²) in [6.45, 7) is 8.95. The quantitative estimate of drug-likeness (QED) is 0.0686. The Morgan fingerprint density at radius 3 is 2.46 bits per heavy atom. The van der Waals surface area contributed by atoms with E-state index in [4.69, 9.17) is 19.6 Å². The van der Waals surface area contributed by atoms with Gasteiger partial charge in [0.15, 0.2) is 5.78 Å². The van der Waals surface area contributed by atoms with E-state index in [-0.39, 0.29) is 61.1 Å². The van der Waals surface area contributed by atoms with E-state index in [2.05, 4.69) is 22.5 Å². The molecule has 14 nitrogen and oxygen atoms in total. The van der Waals surface area contributed by atoms with Gasteiger partial charge in [0, 0.05) is 53.2 Å². The number of pyridine rings is 1. The fourth-order valence-electron chi connectivity index (χ4n) is 11.5. The number of hydrogen-bond donors (Lipinski definition) is 5. The second kappa shape index (κ2) is 17.6. The highest BCUT2D eigenvalue weighted by atomic mass is 16.6. The van der Waals surface area contributed by atoms with E-state index >= 15 is 0 Å². The third-order valence-corrected chi connectivity index (χ3v) is 15.0. The summed E-state index contributed by atoms with van der Waals surface area (Å²) < 4.78 is 16.5. The van der Waals surface area contributed by atoms with E-state index in [0.717, 1.165) is 34.8 Å². The standard InChI is InChI=1S/C51H60N4O10/c1-48(2,3)65-47(61)54-27-39(44(58)55-34-12-10-32-26-53-20-16-31(32)22-34)30-8-6-29(7-9-30)17-21-63-45(59)37-24-38(37)46(60)64-28-42(52)51(62)19-15-40-36-13-11-33-23-35(56)14-18-49(33,4)43(36)41(57)25-50(40,51)5/h6-10,12,14,16,18,20,22-23,26,36-41,43,52,57,62H,11,13,15,17,19,21,24-25,27-28H2,1-5H3,(H,54,61)(H,55,58)/t36-,37?,38?,39?,40-,41-,43+,49-,50-,51-/m0/s1. The molecule has 4 fully saturated rings. The van der Waals surface area contributed by atoms with Crippen LogP contribution in [0.2, 0.25) is 0 Å². The zero-order valence-corrected chi connectivity index (χ0v) is 37.7. The molecule has 2 aromatic carbocycles. The minimum Gasteiger partial charge on any atom is -0.465 e. The van der Waals surface area contributed by atoms with Crippen LogP contribution in [0.3, 0.4) is 0 Å². The molecular formula is C51H60N4O10. The predicted molar refractivity (Wildman–Crippen MR) is 242 cm³/mol. The molecule has 344 valence electrons. The van der Waals surface area contributed by atoms with Gasteiger partial charge in [-0.25, -0.2) is 4.79 Å². The first-order valence-corrected chi connectivity index (χ1v) is 22.8. The van der Waals surface area contributed by atoms with Crippen LogP contribution in [0.25, 0.3) is 10.8 Å². The molecule has 0 bridgehead atoms. The van der Waals surface area contributed by atoms with Crippen molar-refractivity contribution in [1.29, 1.82) is 5.41 Å². The van der Waals surface area contributed by atoms with E-state index in [1.54, 1.807) is 63.5 Å². The number of aromatic nitrogens is 1. The fraction of sp³-hybridized carbons (Fsp3) is 0.510. The molecule has 3 unspecified atom stereocenters. The molecule has 5 aliphatic carbocycles. The molecule has 2 amide bonds. The van der Waals surface area contributed by atoms with Gasteiger partial charge in [0.25, 0.3) is 0 Å². The lowest BCUT2D eigenvalue weighted by atomic mass is 9.46. The van der Waals surface area contributed by atoms with Gasteiger partial charge in [-0.05, 0) is 118 Å². The van der Waals surface area contributed by atoms with Crippen molar-refractivity contribution in [3.8, 4) is 0 Å². The Kier molecular flexibility index (Phi) is 12.4. The molecule has 1 aromatic heterocycles. The lowest BCUT2D eigenvalue weighted by Crippen LogP contribution is -2.61. The van der Waals surface area contributed by atoms with Crippen LogP contribution in [-0.2, 0) is 39.8 Å². The summed E-state index contributed by atoms with van der Waals surface area (Å²) in [6.07, 6.45) is 10.7. The van der Waals surface area contributed by atoms with Crippen LogP contribution in [0, 0.1) is 45.8 Å². The molecule has 5 N–H and O–H groups in total. The van der Waals surface area contributed by atoms with Crippen LogP contribution in [-0.4, -0.2) is 87.7 Å². The SMILES string of the molecule is CC(C)(C)OC(=O)NCC(C(=O)Nc1ccc2cnccc2c1)c1ccc(CCOC(=O)C2CC2C(=O)OCC(=N)[C@@]2(O)CC[C@H]3[C@@H]4CCC5=CC(=O)C=C[C@]5(C)[C@H]4[C@@H](O)C[C@@]32C)cc1. The largest absolute Gasteiger partial charge is 0.465 e. The van der Waals surface area contributed by atoms with Gasteiger partial charge in [-0.3, -0.25) is 24.2 Å². The average molecular weight is 889 g/mol. The van der Waals surface area contributed by atoms with Crippen LogP contribution < -0.4 is 10.6 Å². The number of aliphatic hydroxyl groups is 2. The van der Waals surface area contributed by atoms with Crippen molar-refractivity contribution in [3.05, 3.63) is 95.9 Å². The van der Waals surface area contributed by atoms with Gasteiger partial charge < -0.3 is 40.5 Å². The molecule has 65 heavy (non-hydrogen) atoms. The molecule has 0 spiro atoms. The summed E-state index contributed by atoms with van der Waals surface area (Å²) in [5, 5.41) is 40.4. The van der Waals surface area contributed by atoms with Crippen molar-refractivity contribution in [2.45, 2.75) is 103 Å². The molecule has 0 saturated heterocycles. The van der Waals surface area contributed by atoms with Crippen molar-refractivity contribution >= 4 is 51.9 Å². The van der Waals surface area contributed by atoms with Crippen molar-refractivity contribution in [2.75, 3.05) is 25.1 Å². The lowest BCUT2D eigenvalue weighted by Gasteiger charge is -2.59. The number of esters is 2. The Balaban J connectivity index is 0.816. The highest BCUT2D eigenvalue weighted by molar-refractivity contribution is 6.01. The summed E-state index contributed by atoms with van der Waals surface area (Å²) in [5.74, 6) is -3.57. The molecule has 1 heterocycles. The third kappa shape index (κ3) is 9.12. The first-order chi connectivity index (χ1) is 30.8. The number of benzene rings is 2. The predicted octanol–water partition coefficient (Wildman–Crippen LogP) is 6.78. The van der Waals surface area contributed by atoms with Crippen LogP contribution >= 0.6 is 0 Å². The molecule has 4 saturated carbocycles. The van der Waals surface area contributed by atoms with E-state index in [1.165, 1.54) is 0 Å². The number of aliphatic hydroxyl groups excluding tert-OH is 1. The second-order valence-electron chi connectivity index (χ2n) is 20.2. The zero-order valence-electron chi connectivity index (χ0n) is 37.7. The maximum Gasteiger partial charge on any atom is 0.407 e. The third-order valence-electron chi connectivity index (χ3n) is 15.0. The van der Waals surface area contributed by atoms with Gasteiger partial charge in [-0.15, -0.1) is 0 Å². The monoisotopic (exact) mass is 888 g/mol. The number of rotatable bonds is 13. The number of nitrogens with one attached hydrogen (secondary N) is 3. The van der Waals surface area contributed by atoms with Gasteiger partial charge in [-0.2, -0.15) is 0 Å². The minimum absolute atomic E-state index is 0.0188. The first-order valence-electron chi connectivity index (χ1n) is 22.8. The molecule has 14 heteroatoms. The van der Waals surface area contributed by atoms with Crippen LogP contribution in [0.5, 0.6) is 0 Å². The number of hydrogen-bond acceptors (Lipinski definition) is 12. The molecule has 5 aliphatic rings. The van der Waals surface area contributed by atoms with Crippen molar-refractivity contribution in [2.24, 2.45) is 40.4 Å². The van der Waals surface area contributed by atoms with E-state index in [9.17, 15) is 34.2 Å². The number of carbonyl (C=O) groups is 5. The van der Waals surface area contributed by atoms with Gasteiger partial charge >= 0.3 is 18.0 Å². The average Bonchev–Trinajstić information content (AvgIpc) is 4.01. The normalized spacial score (nSPS) is 30.4. The summed E-state index contributed by atoms with van der Waals surface area (Å²) >= 11 is 0. The number of ether oxygens (including phenoxy) is 3. The Hall–Kier alpha value is -5.73. The van der Waals surface area contributed by atoms with Crippen molar-refractivity contribution in [3.63, 3.8) is 0 Å². The Labute approximate surface area is 379 Å². The Morgan fingerprint density at radius 2 is 1.72 bits per heavy atom. The van der Waals surface area contributed by atoms with Crippen LogP contribution in [0.1, 0.15) is 90.2 Å². The number of alkyl carbamates (subject to hydrolysis) is 1. The highest BCUT2D eigenvalue weighted by Gasteiger charge is 2.67. The summed E-state index contributed by atoms with van der Waals surface area (Å²) in [5.41, 5.74) is -0.491. The summed E-state index contributed by atoms with van der Waals surface area (Å²) in [7, 11) is 0. The summed E-state index contributed by atoms with van der Waals surface area (Å²) in [6, 6.07) is 14.6. The number of nitrogens with zero attached hydrogens (tertiary/aromatic N) is 1. The minimum atomic E-state index is -1.57.